The van der Waals surface area contributed by atoms with E-state index in [0.29, 0.717) is 0 Å². The number of aromatic nitrogens is 2. The van der Waals surface area contributed by atoms with Crippen LogP contribution in [0.15, 0.2) is 166 Å². The molecule has 2 aromatic heterocycles. The SMILES string of the molecule is CC(=O)N[C@@H](Cc1ccc(C=NN)cc1)C(=O)N[C@H](C(=O)N[C@@H](Cc1ccc[n+](C)c1)C(N)=O)C1CCCCC1.CC(=O)N[C@@H](Cc1ccc(C=NN)cc1)C(=O)N[C@H](C(=O)N[C@@H](Cc1ccc[n+](C)c1)C(N)=O)C1CCCCC1.Cc1ccc(S(=O)(=O)[O-])cc1.Cc1ccc(S(=O)(=O)[O-])cc1. The largest absolute Gasteiger partial charge is 0.744 e. The predicted molar refractivity (Wildman–Crippen MR) is 379 cm³/mol. The summed E-state index contributed by atoms with van der Waals surface area (Å²) in [4.78, 5) is 102. The summed E-state index contributed by atoms with van der Waals surface area (Å²) in [6.07, 6.45) is 20.3. The van der Waals surface area contributed by atoms with E-state index in [2.05, 4.69) is 42.1 Å². The summed E-state index contributed by atoms with van der Waals surface area (Å²) in [6.45, 7) is 6.32. The number of hydrogen-bond donors (Lipinski definition) is 10. The fraction of sp³-hybridized carbons (Fsp3) is 0.389. The topological polar surface area (TPSA) is 460 Å². The van der Waals surface area contributed by atoms with Crippen molar-refractivity contribution in [2.75, 3.05) is 0 Å². The van der Waals surface area contributed by atoms with Gasteiger partial charge in [-0.3, -0.25) is 38.4 Å². The standard InChI is InChI=1S/2C29H39N7O4.2C7H8O3S/c2*1-19(37)33-25(15-20-10-12-21(13-11-20)17-32-31)28(39)35-26(23-8-4-3-5-9-23)29(40)34-24(27(30)38)16-22-7-6-14-36(2)18-22;2*1-6-2-4-7(5-3-6)11(8,9)10/h2*6-7,10-14,17-18,23-26H,3-5,8-9,15-16,31H2,1-2H3,(H4-,30,33,34,35,37,38,39,40);2*2-5H,1H3,(H,8,9,10)/t2*24-,25-,26-;;/m00../s1. The molecule has 6 atom stereocenters. The number of primary amides is 2. The van der Waals surface area contributed by atoms with E-state index >= 15 is 0 Å². The van der Waals surface area contributed by atoms with Crippen molar-refractivity contribution in [1.29, 1.82) is 0 Å². The first-order valence-electron chi connectivity index (χ1n) is 33.2. The number of aryl methyl sites for hydroxylation is 4. The molecule has 0 aliphatic heterocycles. The van der Waals surface area contributed by atoms with Gasteiger partial charge in [0, 0.05) is 62.8 Å². The van der Waals surface area contributed by atoms with Gasteiger partial charge in [0.2, 0.25) is 47.3 Å². The molecular weight excluding hydrogens is 1350 g/mol. The number of amides is 8. The number of pyridine rings is 2. The number of carbonyl (C=O) groups is 8. The summed E-state index contributed by atoms with van der Waals surface area (Å²) >= 11 is 0. The van der Waals surface area contributed by atoms with Crippen LogP contribution in [0.2, 0.25) is 0 Å². The molecule has 0 spiro atoms. The summed E-state index contributed by atoms with van der Waals surface area (Å²) in [5, 5.41) is 23.8. The fourth-order valence-corrected chi connectivity index (χ4v) is 12.6. The molecule has 4 aromatic carbocycles. The third-order valence-electron chi connectivity index (χ3n) is 16.9. The molecule has 102 heavy (non-hydrogen) atoms. The molecular formula is C72H94N14O14S2. The number of nitrogens with zero attached hydrogens (tertiary/aromatic N) is 4. The monoisotopic (exact) mass is 1440 g/mol. The van der Waals surface area contributed by atoms with Gasteiger partial charge in [0.1, 0.15) is 70.6 Å². The molecule has 28 nitrogen and oxygen atoms in total. The molecule has 8 amide bonds. The summed E-state index contributed by atoms with van der Waals surface area (Å²) < 4.78 is 66.0. The van der Waals surface area contributed by atoms with E-state index in [-0.39, 0.29) is 59.1 Å². The number of rotatable bonds is 26. The second kappa shape index (κ2) is 40.8. The van der Waals surface area contributed by atoms with E-state index in [4.69, 9.17) is 23.2 Å². The third-order valence-corrected chi connectivity index (χ3v) is 18.6. The molecule has 2 heterocycles. The highest BCUT2D eigenvalue weighted by Gasteiger charge is 2.37. The highest BCUT2D eigenvalue weighted by molar-refractivity contribution is 7.86. The number of hydrazone groups is 2. The van der Waals surface area contributed by atoms with Crippen molar-refractivity contribution in [3.05, 3.63) is 191 Å². The zero-order valence-electron chi connectivity index (χ0n) is 58.2. The van der Waals surface area contributed by atoms with E-state index in [0.717, 1.165) is 109 Å². The summed E-state index contributed by atoms with van der Waals surface area (Å²) in [7, 11) is -4.81. The van der Waals surface area contributed by atoms with Crippen LogP contribution in [0.5, 0.6) is 0 Å². The van der Waals surface area contributed by atoms with Crippen molar-refractivity contribution >= 4 is 79.9 Å². The highest BCUT2D eigenvalue weighted by Crippen LogP contribution is 2.29. The number of nitrogens with one attached hydrogen (secondary N) is 6. The van der Waals surface area contributed by atoms with Crippen LogP contribution >= 0.6 is 0 Å². The molecule has 0 radical (unpaired) electrons. The lowest BCUT2D eigenvalue weighted by molar-refractivity contribution is -0.672. The third kappa shape index (κ3) is 29.1. The van der Waals surface area contributed by atoms with E-state index in [1.807, 2.05) is 135 Å². The molecule has 8 rings (SSSR count). The lowest BCUT2D eigenvalue weighted by Gasteiger charge is -2.32. The molecule has 6 aromatic rings. The second-order valence-electron chi connectivity index (χ2n) is 25.3. The van der Waals surface area contributed by atoms with Crippen LogP contribution in [0.25, 0.3) is 0 Å². The van der Waals surface area contributed by atoms with Crippen molar-refractivity contribution in [3.8, 4) is 0 Å². The van der Waals surface area contributed by atoms with Crippen LogP contribution in [0.1, 0.15) is 123 Å². The maximum atomic E-state index is 13.6. The van der Waals surface area contributed by atoms with Crippen LogP contribution in [-0.4, -0.2) is 122 Å². The van der Waals surface area contributed by atoms with Gasteiger partial charge in [-0.25, -0.2) is 26.0 Å². The zero-order valence-corrected chi connectivity index (χ0v) is 59.8. The number of benzene rings is 4. The molecule has 548 valence electrons. The van der Waals surface area contributed by atoms with Crippen LogP contribution in [-0.2, 0) is 98.4 Å². The molecule has 14 N–H and O–H groups in total. The van der Waals surface area contributed by atoms with Crippen molar-refractivity contribution in [1.82, 2.24) is 31.9 Å². The average molecular weight is 1440 g/mol. The van der Waals surface area contributed by atoms with Crippen molar-refractivity contribution in [2.24, 2.45) is 59.3 Å². The molecule has 0 bridgehead atoms. The minimum absolute atomic E-state index is 0.103. The molecule has 0 saturated heterocycles. The Morgan fingerprint density at radius 2 is 0.765 bits per heavy atom. The molecule has 30 heteroatoms. The molecule has 2 aliphatic carbocycles. The van der Waals surface area contributed by atoms with Crippen molar-refractivity contribution in [2.45, 2.75) is 164 Å². The van der Waals surface area contributed by atoms with Gasteiger partial charge < -0.3 is 64.2 Å². The van der Waals surface area contributed by atoms with E-state index in [1.165, 1.54) is 50.5 Å². The maximum Gasteiger partial charge on any atom is 0.243 e. The van der Waals surface area contributed by atoms with E-state index in [1.54, 1.807) is 24.3 Å². The molecule has 2 aliphatic rings. The zero-order chi connectivity index (χ0) is 75.1. The van der Waals surface area contributed by atoms with Crippen molar-refractivity contribution in [3.63, 3.8) is 0 Å². The Kier molecular flexibility index (Phi) is 33.0. The summed E-state index contributed by atoms with van der Waals surface area (Å²) in [5.74, 6) is 6.29. The van der Waals surface area contributed by atoms with Crippen LogP contribution < -0.4 is 64.2 Å². The Morgan fingerprint density at radius 3 is 1.04 bits per heavy atom. The Bertz CT molecular complexity index is 3810. The number of nitrogens with two attached hydrogens (primary N) is 4. The smallest absolute Gasteiger partial charge is 0.243 e. The maximum absolute atomic E-state index is 13.6. The Balaban J connectivity index is 0.000000282. The summed E-state index contributed by atoms with van der Waals surface area (Å²) in [6, 6.07) is 28.1. The van der Waals surface area contributed by atoms with Crippen LogP contribution in [0, 0.1) is 25.7 Å². The van der Waals surface area contributed by atoms with Gasteiger partial charge in [0.05, 0.1) is 22.2 Å². The van der Waals surface area contributed by atoms with Gasteiger partial charge in [0.25, 0.3) is 0 Å². The lowest BCUT2D eigenvalue weighted by atomic mass is 9.83. The minimum Gasteiger partial charge on any atom is -0.744 e. The van der Waals surface area contributed by atoms with Gasteiger partial charge in [0.15, 0.2) is 24.8 Å². The van der Waals surface area contributed by atoms with Gasteiger partial charge in [-0.05, 0) is 110 Å². The van der Waals surface area contributed by atoms with Crippen LogP contribution in [0.3, 0.4) is 0 Å². The minimum atomic E-state index is -4.27. The van der Waals surface area contributed by atoms with E-state index in [9.17, 15) is 64.3 Å². The first kappa shape index (κ1) is 82.4. The van der Waals surface area contributed by atoms with E-state index < -0.39 is 91.9 Å². The molecule has 2 saturated carbocycles. The quantitative estimate of drug-likeness (QED) is 0.0122. The fourth-order valence-electron chi connectivity index (χ4n) is 11.7. The van der Waals surface area contributed by atoms with Gasteiger partial charge in [-0.2, -0.15) is 10.2 Å². The molecule has 2 fully saturated rings. The number of hydrogen-bond acceptors (Lipinski definition) is 18. The van der Waals surface area contributed by atoms with Gasteiger partial charge in [-0.1, -0.05) is 122 Å². The van der Waals surface area contributed by atoms with Crippen LogP contribution in [0.4, 0.5) is 0 Å². The Hall–Kier alpha value is -10.3. The van der Waals surface area contributed by atoms with Crippen molar-refractivity contribution < 1.29 is 73.4 Å². The second-order valence-corrected chi connectivity index (χ2v) is 28.1. The Morgan fingerprint density at radius 1 is 0.451 bits per heavy atom. The lowest BCUT2D eigenvalue weighted by Crippen LogP contribution is -2.59. The van der Waals surface area contributed by atoms with Gasteiger partial charge in [-0.15, -0.1) is 0 Å². The first-order chi connectivity index (χ1) is 48.3. The molecule has 0 unspecified atom stereocenters. The summed E-state index contributed by atoms with van der Waals surface area (Å²) in [5.41, 5.74) is 18.1. The Labute approximate surface area is 595 Å². The first-order valence-corrected chi connectivity index (χ1v) is 36.1. The highest BCUT2D eigenvalue weighted by atomic mass is 32.2. The predicted octanol–water partition coefficient (Wildman–Crippen LogP) is 2.06. The normalized spacial score (nSPS) is 15.1. The van der Waals surface area contributed by atoms with Gasteiger partial charge >= 0.3 is 0 Å². The number of carbonyl (C=O) groups excluding carboxylic acids is 8. The average Bonchev–Trinajstić information content (AvgIpc) is 0.838.